The summed E-state index contributed by atoms with van der Waals surface area (Å²) >= 11 is 1.44. The predicted molar refractivity (Wildman–Crippen MR) is 195 cm³/mol. The highest BCUT2D eigenvalue weighted by Crippen LogP contribution is 2.53. The van der Waals surface area contributed by atoms with Crippen LogP contribution in [0.3, 0.4) is 0 Å². The number of fused-ring (bicyclic) bond motifs is 1. The number of morpholine rings is 1. The van der Waals surface area contributed by atoms with Crippen molar-refractivity contribution >= 4 is 23.5 Å². The number of carbonyl (C=O) groups excluding carboxylic acids is 1. The van der Waals surface area contributed by atoms with Gasteiger partial charge in [0.05, 0.1) is 18.8 Å². The summed E-state index contributed by atoms with van der Waals surface area (Å²) in [6.07, 6.45) is 1.93. The number of carbonyl (C=O) groups is 1. The number of pyridine rings is 2. The van der Waals surface area contributed by atoms with Crippen LogP contribution < -0.4 is 25.2 Å². The van der Waals surface area contributed by atoms with Crippen LogP contribution in [0.25, 0.3) is 11.1 Å². The Kier molecular flexibility index (Phi) is 10.9. The number of aromatic nitrogens is 2. The minimum atomic E-state index is -4.26. The van der Waals surface area contributed by atoms with Crippen molar-refractivity contribution in [2.24, 2.45) is 5.92 Å². The van der Waals surface area contributed by atoms with Crippen LogP contribution >= 0.6 is 11.8 Å². The maximum absolute atomic E-state index is 13.9. The van der Waals surface area contributed by atoms with Crippen LogP contribution in [0.4, 0.5) is 19.0 Å². The van der Waals surface area contributed by atoms with Crippen molar-refractivity contribution < 1.29 is 32.2 Å². The van der Waals surface area contributed by atoms with E-state index in [2.05, 4.69) is 15.2 Å². The maximum atomic E-state index is 13.9. The second-order valence-corrected chi connectivity index (χ2v) is 15.4. The third kappa shape index (κ3) is 8.08. The van der Waals surface area contributed by atoms with Gasteiger partial charge in [-0.1, -0.05) is 0 Å². The number of thioether (sulfide) groups is 1. The van der Waals surface area contributed by atoms with E-state index >= 15 is 0 Å². The first kappa shape index (κ1) is 38.0. The molecule has 1 unspecified atom stereocenters. The topological polar surface area (TPSA) is 109 Å². The third-order valence-electron chi connectivity index (χ3n) is 10.5. The van der Waals surface area contributed by atoms with E-state index in [1.54, 1.807) is 12.3 Å². The highest BCUT2D eigenvalue weighted by atomic mass is 32.2. The van der Waals surface area contributed by atoms with Crippen LogP contribution in [-0.4, -0.2) is 83.9 Å². The van der Waals surface area contributed by atoms with Gasteiger partial charge in [0.2, 0.25) is 0 Å². The summed E-state index contributed by atoms with van der Waals surface area (Å²) in [6, 6.07) is 7.39. The Hall–Kier alpha value is -3.75. The van der Waals surface area contributed by atoms with Gasteiger partial charge in [0, 0.05) is 83.1 Å². The minimum absolute atomic E-state index is 0.0320. The molecule has 10 nitrogen and oxygen atoms in total. The predicted octanol–water partition coefficient (Wildman–Crippen LogP) is 6.86. The molecule has 1 saturated carbocycles. The largest absolute Gasteiger partial charge is 0.448 e. The van der Waals surface area contributed by atoms with Crippen molar-refractivity contribution in [1.82, 2.24) is 20.2 Å². The molecule has 0 bridgehead atoms. The van der Waals surface area contributed by atoms with Gasteiger partial charge in [0.15, 0.2) is 11.5 Å². The fourth-order valence-electron chi connectivity index (χ4n) is 7.85. The fourth-order valence-corrected chi connectivity index (χ4v) is 8.56. The zero-order chi connectivity index (χ0) is 37.5. The van der Waals surface area contributed by atoms with Gasteiger partial charge < -0.3 is 29.4 Å². The van der Waals surface area contributed by atoms with Gasteiger partial charge in [-0.3, -0.25) is 14.5 Å². The smallest absolute Gasteiger partial charge is 0.401 e. The van der Waals surface area contributed by atoms with E-state index in [0.29, 0.717) is 72.5 Å². The lowest BCUT2D eigenvalue weighted by Gasteiger charge is -2.40. The van der Waals surface area contributed by atoms with E-state index in [-0.39, 0.29) is 42.2 Å². The fraction of sp³-hybridized carbons (Fsp3) is 0.553. The van der Waals surface area contributed by atoms with Gasteiger partial charge in [0.25, 0.3) is 17.3 Å². The van der Waals surface area contributed by atoms with Gasteiger partial charge in [-0.25, -0.2) is 4.98 Å². The average molecular weight is 744 g/mol. The number of rotatable bonds is 9. The van der Waals surface area contributed by atoms with E-state index in [4.69, 9.17) is 19.2 Å². The molecule has 3 atom stereocenters. The molecular formula is C38H48F3N5O5S. The number of nitrogens with one attached hydrogen (secondary N) is 2. The molecule has 6 rings (SSSR count). The van der Waals surface area contributed by atoms with Gasteiger partial charge in [0.1, 0.15) is 5.82 Å². The number of aryl methyl sites for hydroxylation is 1. The van der Waals surface area contributed by atoms with Crippen molar-refractivity contribution in [3.05, 3.63) is 63.2 Å². The van der Waals surface area contributed by atoms with Crippen LogP contribution in [0.2, 0.25) is 0 Å². The molecule has 282 valence electrons. The average Bonchev–Trinajstić information content (AvgIpc) is 3.45. The van der Waals surface area contributed by atoms with E-state index in [9.17, 15) is 22.8 Å². The standard InChI is InChI=1S/C38H48F3N5O5S/c1-21-14-31(52-7)30(36(48)44-21)17-43-35(47)28-15-29(25-8-13-32(42-16-25)46-18-22(2)49-23(3)19-46)34-33(24(28)4)50-37(5,51-34)26-9-11-27(12-10-26)45(6)20-38(39,40)41/h8,13-16,22-23,26-27H,9-12,17-20H2,1-7H3,(H,43,47)(H,44,48)/t22-,23+,26-,27-,37?. The van der Waals surface area contributed by atoms with Crippen LogP contribution in [0, 0.1) is 19.8 Å². The Balaban J connectivity index is 1.30. The van der Waals surface area contributed by atoms with Gasteiger partial charge in [-0.15, -0.1) is 11.8 Å². The number of hydrogen-bond acceptors (Lipinski definition) is 9. The van der Waals surface area contributed by atoms with Gasteiger partial charge in [-0.2, -0.15) is 13.2 Å². The highest BCUT2D eigenvalue weighted by Gasteiger charge is 2.48. The number of H-pyrrole nitrogens is 1. The number of halogens is 3. The quantitative estimate of drug-likeness (QED) is 0.227. The van der Waals surface area contributed by atoms with Crippen LogP contribution in [-0.2, 0) is 11.3 Å². The Morgan fingerprint density at radius 3 is 2.38 bits per heavy atom. The summed E-state index contributed by atoms with van der Waals surface area (Å²) in [5.41, 5.74) is 3.28. The van der Waals surface area contributed by atoms with Crippen molar-refractivity contribution in [3.8, 4) is 22.6 Å². The molecule has 52 heavy (non-hydrogen) atoms. The Morgan fingerprint density at radius 2 is 1.77 bits per heavy atom. The van der Waals surface area contributed by atoms with E-state index in [0.717, 1.165) is 22.0 Å². The summed E-state index contributed by atoms with van der Waals surface area (Å²) in [5, 5.41) is 2.95. The lowest BCUT2D eigenvalue weighted by atomic mass is 9.81. The number of alkyl halides is 3. The molecule has 4 heterocycles. The number of ether oxygens (including phenoxy) is 3. The molecule has 2 N–H and O–H groups in total. The zero-order valence-corrected chi connectivity index (χ0v) is 31.6. The van der Waals surface area contributed by atoms with Crippen molar-refractivity contribution in [1.29, 1.82) is 0 Å². The molecule has 0 radical (unpaired) electrons. The summed E-state index contributed by atoms with van der Waals surface area (Å²) in [4.78, 5) is 38.7. The van der Waals surface area contributed by atoms with E-state index in [1.807, 2.05) is 59.1 Å². The number of benzene rings is 1. The SMILES string of the molecule is CSc1cc(C)[nH]c(=O)c1CNC(=O)c1cc(-c2ccc(N3C[C@@H](C)O[C@@H](C)C3)nc2)c2c(c1C)OC(C)([C@H]1CC[C@H](N(C)CC(F)(F)F)CC1)O2. The number of hydrogen-bond donors (Lipinski definition) is 2. The first-order valence-electron chi connectivity index (χ1n) is 17.8. The highest BCUT2D eigenvalue weighted by molar-refractivity contribution is 7.98. The maximum Gasteiger partial charge on any atom is 0.401 e. The Labute approximate surface area is 306 Å². The van der Waals surface area contributed by atoms with Gasteiger partial charge in [-0.05, 0) is 90.9 Å². The molecule has 2 aliphatic heterocycles. The third-order valence-corrected chi connectivity index (χ3v) is 11.3. The molecule has 1 aromatic carbocycles. The number of nitrogens with zero attached hydrogens (tertiary/aromatic N) is 3. The summed E-state index contributed by atoms with van der Waals surface area (Å²) < 4.78 is 58.6. The lowest BCUT2D eigenvalue weighted by molar-refractivity contribution is -0.153. The monoisotopic (exact) mass is 743 g/mol. The molecule has 0 spiro atoms. The number of aromatic amines is 1. The first-order chi connectivity index (χ1) is 24.5. The number of anilines is 1. The lowest BCUT2D eigenvalue weighted by Crippen LogP contribution is -2.48. The van der Waals surface area contributed by atoms with E-state index < -0.39 is 18.5 Å². The Morgan fingerprint density at radius 1 is 1.10 bits per heavy atom. The van der Waals surface area contributed by atoms with Crippen molar-refractivity contribution in [3.63, 3.8) is 0 Å². The zero-order valence-electron chi connectivity index (χ0n) is 30.8. The second-order valence-electron chi connectivity index (χ2n) is 14.6. The normalized spacial score (nSPS) is 24.7. The molecular weight excluding hydrogens is 696 g/mol. The van der Waals surface area contributed by atoms with Crippen LogP contribution in [0.1, 0.15) is 73.6 Å². The molecule has 3 aromatic rings. The van der Waals surface area contributed by atoms with Crippen LogP contribution in [0.15, 0.2) is 40.2 Å². The Bertz CT molecular complexity index is 1840. The minimum Gasteiger partial charge on any atom is -0.448 e. The molecule has 1 aliphatic carbocycles. The molecule has 2 aromatic heterocycles. The molecule has 3 aliphatic rings. The molecule has 1 saturated heterocycles. The first-order valence-corrected chi connectivity index (χ1v) is 19.0. The van der Waals surface area contributed by atoms with Crippen molar-refractivity contribution in [2.75, 3.05) is 37.8 Å². The summed E-state index contributed by atoms with van der Waals surface area (Å²) in [6.45, 7) is 10.1. The molecule has 2 fully saturated rings. The van der Waals surface area contributed by atoms with E-state index in [1.165, 1.54) is 23.7 Å². The second kappa shape index (κ2) is 14.9. The molecule has 14 heteroatoms. The summed E-state index contributed by atoms with van der Waals surface area (Å²) in [5.74, 6) is 0.189. The summed E-state index contributed by atoms with van der Waals surface area (Å²) in [7, 11) is 1.53. The van der Waals surface area contributed by atoms with Crippen molar-refractivity contribution in [2.45, 2.75) is 102 Å². The molecule has 1 amide bonds. The number of amides is 1. The van der Waals surface area contributed by atoms with Gasteiger partial charge >= 0.3 is 6.18 Å². The van der Waals surface area contributed by atoms with Crippen LogP contribution in [0.5, 0.6) is 11.5 Å².